The van der Waals surface area contributed by atoms with Crippen molar-refractivity contribution in [1.82, 2.24) is 24.1 Å². The van der Waals surface area contributed by atoms with Gasteiger partial charge in [0, 0.05) is 58.5 Å². The van der Waals surface area contributed by atoms with E-state index in [2.05, 4.69) is 137 Å². The van der Waals surface area contributed by atoms with Gasteiger partial charge in [0.05, 0.1) is 22.1 Å². The maximum Gasteiger partial charge on any atom is 0.238 e. The quantitative estimate of drug-likeness (QED) is 0.187. The Morgan fingerprint density at radius 2 is 0.961 bits per heavy atom. The summed E-state index contributed by atoms with van der Waals surface area (Å²) in [6.07, 6.45) is 0. The third kappa shape index (κ3) is 4.24. The zero-order valence-corrected chi connectivity index (χ0v) is 28.0. The van der Waals surface area contributed by atoms with Crippen LogP contribution in [0, 0.1) is 0 Å². The highest BCUT2D eigenvalue weighted by Crippen LogP contribution is 2.44. The van der Waals surface area contributed by atoms with Crippen LogP contribution in [0.1, 0.15) is 0 Å². The summed E-state index contributed by atoms with van der Waals surface area (Å²) in [7, 11) is 0. The van der Waals surface area contributed by atoms with Crippen molar-refractivity contribution in [3.8, 4) is 34.4 Å². The van der Waals surface area contributed by atoms with Crippen molar-refractivity contribution in [2.24, 2.45) is 0 Å². The lowest BCUT2D eigenvalue weighted by atomic mass is 10.1. The number of benzene rings is 7. The van der Waals surface area contributed by atoms with Crippen LogP contribution in [0.25, 0.3) is 98.2 Å². The van der Waals surface area contributed by atoms with Gasteiger partial charge < -0.3 is 4.57 Å². The Hall–Kier alpha value is -6.63. The van der Waals surface area contributed by atoms with Crippen LogP contribution in [0.4, 0.5) is 0 Å². The molecule has 238 valence electrons. The molecule has 0 unspecified atom stereocenters. The van der Waals surface area contributed by atoms with Gasteiger partial charge in [-0.1, -0.05) is 121 Å². The highest BCUT2D eigenvalue weighted by Gasteiger charge is 2.22. The molecule has 0 saturated carbocycles. The topological polar surface area (TPSA) is 48.5 Å². The first-order valence-electron chi connectivity index (χ1n) is 17.0. The van der Waals surface area contributed by atoms with E-state index in [1.54, 1.807) is 0 Å². The molecule has 0 saturated heterocycles. The number of nitrogens with zero attached hydrogens (tertiary/aromatic N) is 5. The first-order valence-corrected chi connectivity index (χ1v) is 17.9. The fourth-order valence-electron chi connectivity index (χ4n) is 7.76. The highest BCUT2D eigenvalue weighted by molar-refractivity contribution is 7.26. The van der Waals surface area contributed by atoms with Crippen LogP contribution in [0.2, 0.25) is 0 Å². The number of hydrogen-bond donors (Lipinski definition) is 0. The summed E-state index contributed by atoms with van der Waals surface area (Å²) < 4.78 is 7.16. The Bertz CT molecular complexity index is 3030. The molecular weight excluding hydrogens is 643 g/mol. The monoisotopic (exact) mass is 669 g/mol. The lowest BCUT2D eigenvalue weighted by Crippen LogP contribution is -2.06. The number of aromatic nitrogens is 5. The molecule has 0 aliphatic carbocycles. The minimum absolute atomic E-state index is 0.584. The van der Waals surface area contributed by atoms with Crippen LogP contribution in [-0.4, -0.2) is 24.1 Å². The largest absolute Gasteiger partial charge is 0.309 e. The third-order valence-corrected chi connectivity index (χ3v) is 11.1. The molecule has 7 aromatic carbocycles. The van der Waals surface area contributed by atoms with E-state index in [1.807, 2.05) is 47.7 Å². The molecular formula is C45H27N5S. The van der Waals surface area contributed by atoms with Gasteiger partial charge >= 0.3 is 0 Å². The molecule has 4 heterocycles. The molecule has 6 heteroatoms. The maximum absolute atomic E-state index is 5.23. The van der Waals surface area contributed by atoms with E-state index in [0.29, 0.717) is 17.6 Å². The SMILES string of the molecule is c1ccc(-c2nc(-c3ccccc3)nc(-n3c4cc(-n5c6ccccc6c6ccccc65)ccc4c4c5c(ccc43)sc3ccccc35)n2)cc1. The lowest BCUT2D eigenvalue weighted by Gasteiger charge is -2.12. The molecule has 5 nitrogen and oxygen atoms in total. The Morgan fingerprint density at radius 1 is 0.373 bits per heavy atom. The molecule has 11 aromatic rings. The number of para-hydroxylation sites is 2. The van der Waals surface area contributed by atoms with E-state index in [-0.39, 0.29) is 0 Å². The first kappa shape index (κ1) is 28.2. The van der Waals surface area contributed by atoms with Gasteiger partial charge in [-0.25, -0.2) is 4.98 Å². The smallest absolute Gasteiger partial charge is 0.238 e. The standard InChI is InChI=1S/C45H27N5S/c1-3-13-28(14-4-1)43-46-44(29-15-5-2-6-16-29)48-45(47-43)50-37-25-26-40-42(34-19-9-12-22-39(34)51-40)41(37)33-24-23-30(27-38(33)50)49-35-20-10-7-17-31(35)32-18-8-11-21-36(32)49/h1-27H. The van der Waals surface area contributed by atoms with Crippen LogP contribution in [0.15, 0.2) is 164 Å². The van der Waals surface area contributed by atoms with E-state index in [1.165, 1.54) is 47.4 Å². The van der Waals surface area contributed by atoms with Crippen LogP contribution in [-0.2, 0) is 0 Å². The van der Waals surface area contributed by atoms with Gasteiger partial charge in [-0.3, -0.25) is 4.57 Å². The number of thiophene rings is 1. The molecule has 11 rings (SSSR count). The molecule has 0 radical (unpaired) electrons. The van der Waals surface area contributed by atoms with E-state index >= 15 is 0 Å². The molecule has 0 N–H and O–H groups in total. The Balaban J connectivity index is 1.29. The van der Waals surface area contributed by atoms with E-state index in [0.717, 1.165) is 33.2 Å². The zero-order chi connectivity index (χ0) is 33.5. The van der Waals surface area contributed by atoms with Crippen molar-refractivity contribution in [2.75, 3.05) is 0 Å². The van der Waals surface area contributed by atoms with Crippen molar-refractivity contribution in [3.63, 3.8) is 0 Å². The first-order chi connectivity index (χ1) is 25.3. The number of fused-ring (bicyclic) bond motifs is 10. The van der Waals surface area contributed by atoms with Crippen molar-refractivity contribution in [2.45, 2.75) is 0 Å². The summed E-state index contributed by atoms with van der Waals surface area (Å²) in [6.45, 7) is 0. The predicted octanol–water partition coefficient (Wildman–Crippen LogP) is 11.8. The van der Waals surface area contributed by atoms with Crippen LogP contribution in [0.3, 0.4) is 0 Å². The normalized spacial score (nSPS) is 11.9. The summed E-state index contributed by atoms with van der Waals surface area (Å²) in [5.41, 5.74) is 7.40. The summed E-state index contributed by atoms with van der Waals surface area (Å²) in [5.74, 6) is 1.85. The van der Waals surface area contributed by atoms with Crippen LogP contribution in [0.5, 0.6) is 0 Å². The second kappa shape index (κ2) is 10.9. The molecule has 0 spiro atoms. The van der Waals surface area contributed by atoms with E-state index in [9.17, 15) is 0 Å². The summed E-state index contributed by atoms with van der Waals surface area (Å²) in [5, 5.41) is 7.36. The Kier molecular flexibility index (Phi) is 6.05. The summed E-state index contributed by atoms with van der Waals surface area (Å²) in [6, 6.07) is 57.7. The average molecular weight is 670 g/mol. The fourth-order valence-corrected chi connectivity index (χ4v) is 8.88. The average Bonchev–Trinajstić information content (AvgIpc) is 3.85. The minimum atomic E-state index is 0.584. The van der Waals surface area contributed by atoms with Gasteiger partial charge in [-0.05, 0) is 42.5 Å². The highest BCUT2D eigenvalue weighted by atomic mass is 32.1. The number of hydrogen-bond acceptors (Lipinski definition) is 4. The molecule has 0 fully saturated rings. The molecule has 4 aromatic heterocycles. The minimum Gasteiger partial charge on any atom is -0.309 e. The fraction of sp³-hybridized carbons (Fsp3) is 0. The van der Waals surface area contributed by atoms with Gasteiger partial charge in [0.2, 0.25) is 5.95 Å². The summed E-state index contributed by atoms with van der Waals surface area (Å²) >= 11 is 1.84. The Morgan fingerprint density at radius 3 is 1.63 bits per heavy atom. The third-order valence-electron chi connectivity index (χ3n) is 9.98. The maximum atomic E-state index is 5.23. The van der Waals surface area contributed by atoms with Gasteiger partial charge in [-0.2, -0.15) is 9.97 Å². The van der Waals surface area contributed by atoms with E-state index < -0.39 is 0 Å². The molecule has 0 aliphatic heterocycles. The van der Waals surface area contributed by atoms with Gasteiger partial charge in [0.15, 0.2) is 11.6 Å². The van der Waals surface area contributed by atoms with Gasteiger partial charge in [0.25, 0.3) is 0 Å². The molecule has 0 atom stereocenters. The second-order valence-electron chi connectivity index (χ2n) is 12.9. The lowest BCUT2D eigenvalue weighted by molar-refractivity contribution is 0.953. The summed E-state index contributed by atoms with van der Waals surface area (Å²) in [4.78, 5) is 15.5. The van der Waals surface area contributed by atoms with Crippen LogP contribution < -0.4 is 0 Å². The van der Waals surface area contributed by atoms with Crippen molar-refractivity contribution in [3.05, 3.63) is 164 Å². The van der Waals surface area contributed by atoms with Gasteiger partial charge in [0.1, 0.15) is 0 Å². The van der Waals surface area contributed by atoms with Crippen LogP contribution >= 0.6 is 11.3 Å². The van der Waals surface area contributed by atoms with Gasteiger partial charge in [-0.15, -0.1) is 11.3 Å². The van der Waals surface area contributed by atoms with Crippen molar-refractivity contribution >= 4 is 75.1 Å². The predicted molar refractivity (Wildman–Crippen MR) is 212 cm³/mol. The molecule has 51 heavy (non-hydrogen) atoms. The molecule has 0 amide bonds. The zero-order valence-electron chi connectivity index (χ0n) is 27.2. The molecule has 0 bridgehead atoms. The number of rotatable bonds is 4. The van der Waals surface area contributed by atoms with Crippen molar-refractivity contribution < 1.29 is 0 Å². The van der Waals surface area contributed by atoms with Crippen molar-refractivity contribution in [1.29, 1.82) is 0 Å². The van der Waals surface area contributed by atoms with E-state index in [4.69, 9.17) is 15.0 Å². The molecule has 0 aliphatic rings. The Labute approximate surface area is 296 Å². The second-order valence-corrected chi connectivity index (χ2v) is 13.9.